The first kappa shape index (κ1) is 24.4. The van der Waals surface area contributed by atoms with E-state index in [4.69, 9.17) is 0 Å². The zero-order valence-electron chi connectivity index (χ0n) is 19.3. The van der Waals surface area contributed by atoms with Crippen LogP contribution in [0.25, 0.3) is 6.08 Å². The summed E-state index contributed by atoms with van der Waals surface area (Å²) in [6.45, 7) is 4.39. The molecule has 1 fully saturated rings. The fourth-order valence-corrected chi connectivity index (χ4v) is 5.58. The molecule has 0 bridgehead atoms. The Morgan fingerprint density at radius 2 is 1.82 bits per heavy atom. The van der Waals surface area contributed by atoms with Gasteiger partial charge in [-0.15, -0.1) is 0 Å². The molecule has 1 saturated carbocycles. The molecule has 4 nitrogen and oxygen atoms in total. The van der Waals surface area contributed by atoms with Gasteiger partial charge in [-0.2, -0.15) is 13.2 Å². The highest BCUT2D eigenvalue weighted by Gasteiger charge is 2.31. The van der Waals surface area contributed by atoms with Gasteiger partial charge in [0.2, 0.25) is 0 Å². The van der Waals surface area contributed by atoms with E-state index < -0.39 is 11.7 Å². The first-order valence-corrected chi connectivity index (χ1v) is 12.2. The summed E-state index contributed by atoms with van der Waals surface area (Å²) < 4.78 is 38.4. The van der Waals surface area contributed by atoms with Gasteiger partial charge >= 0.3 is 6.18 Å². The Bertz CT molecular complexity index is 1130. The number of fused-ring (bicyclic) bond motifs is 1. The fourth-order valence-electron chi connectivity index (χ4n) is 4.49. The molecule has 0 aromatic heterocycles. The van der Waals surface area contributed by atoms with E-state index in [1.54, 1.807) is 25.3 Å². The second kappa shape index (κ2) is 9.49. The average Bonchev–Trinajstić information content (AvgIpc) is 2.80. The van der Waals surface area contributed by atoms with Crippen LogP contribution >= 0.6 is 11.8 Å². The van der Waals surface area contributed by atoms with Crippen molar-refractivity contribution in [1.29, 1.82) is 0 Å². The van der Waals surface area contributed by atoms with Crippen LogP contribution in [-0.2, 0) is 11.0 Å². The second-order valence-corrected chi connectivity index (χ2v) is 10.2. The number of likely N-dealkylation sites (N-methyl/N-ethyl adjacent to an activating group) is 1. The van der Waals surface area contributed by atoms with Gasteiger partial charge in [0.25, 0.3) is 11.8 Å². The van der Waals surface area contributed by atoms with Gasteiger partial charge in [-0.3, -0.25) is 9.59 Å². The molecule has 4 rings (SSSR count). The fraction of sp³-hybridized carbons (Fsp3) is 0.385. The number of carbonyl (C=O) groups excluding carboxylic acids is 2. The van der Waals surface area contributed by atoms with Crippen LogP contribution in [0.2, 0.25) is 0 Å². The van der Waals surface area contributed by atoms with Crippen LogP contribution in [0.5, 0.6) is 0 Å². The smallest absolute Gasteiger partial charge is 0.349 e. The van der Waals surface area contributed by atoms with Gasteiger partial charge < -0.3 is 10.2 Å². The van der Waals surface area contributed by atoms with Gasteiger partial charge in [0, 0.05) is 23.5 Å². The number of hydrogen-bond acceptors (Lipinski definition) is 3. The standard InChI is InChI=1S/C26H27F3N2O2S/c1-15-5-4-6-20(16(15)2)30-24(32)18-9-12-22-21(14-18)31(3)25(33)23(34-22)13-17-7-10-19(11-8-17)26(27,28)29/h7-16,20H,4-6H2,1-3H3,(H,30,32)/b23-13-/t15-,16-,20-/m1/s1. The van der Waals surface area contributed by atoms with Crippen molar-refractivity contribution in [2.45, 2.75) is 50.2 Å². The van der Waals surface area contributed by atoms with Crippen molar-refractivity contribution >= 4 is 35.3 Å². The maximum atomic E-state index is 13.0. The Labute approximate surface area is 201 Å². The molecule has 1 aliphatic heterocycles. The number of anilines is 1. The highest BCUT2D eigenvalue weighted by atomic mass is 32.2. The highest BCUT2D eigenvalue weighted by molar-refractivity contribution is 8.04. The van der Waals surface area contributed by atoms with E-state index in [2.05, 4.69) is 19.2 Å². The molecule has 2 aliphatic rings. The molecule has 180 valence electrons. The highest BCUT2D eigenvalue weighted by Crippen LogP contribution is 2.42. The Kier molecular flexibility index (Phi) is 6.80. The predicted molar refractivity (Wildman–Crippen MR) is 129 cm³/mol. The Morgan fingerprint density at radius 1 is 1.12 bits per heavy atom. The van der Waals surface area contributed by atoms with Crippen LogP contribution in [-0.4, -0.2) is 24.9 Å². The minimum Gasteiger partial charge on any atom is -0.349 e. The van der Waals surface area contributed by atoms with Crippen molar-refractivity contribution < 1.29 is 22.8 Å². The SMILES string of the molecule is C[C@@H]1[C@H](C)CCC[C@H]1NC(=O)c1ccc2c(c1)N(C)C(=O)/C(=C/c1ccc(C(F)(F)F)cc1)S2. The molecule has 3 atom stereocenters. The van der Waals surface area contributed by atoms with E-state index in [0.717, 1.165) is 29.9 Å². The van der Waals surface area contributed by atoms with Crippen molar-refractivity contribution in [2.75, 3.05) is 11.9 Å². The van der Waals surface area contributed by atoms with Crippen molar-refractivity contribution in [1.82, 2.24) is 5.32 Å². The van der Waals surface area contributed by atoms with E-state index in [9.17, 15) is 22.8 Å². The van der Waals surface area contributed by atoms with Gasteiger partial charge in [-0.05, 0) is 60.2 Å². The van der Waals surface area contributed by atoms with Crippen LogP contribution in [0, 0.1) is 11.8 Å². The Hall–Kier alpha value is -2.74. The van der Waals surface area contributed by atoms with Crippen LogP contribution in [0.3, 0.4) is 0 Å². The number of nitrogens with zero attached hydrogens (tertiary/aromatic N) is 1. The van der Waals surface area contributed by atoms with Gasteiger partial charge in [0.15, 0.2) is 0 Å². The molecule has 2 aromatic carbocycles. The predicted octanol–water partition coefficient (Wildman–Crippen LogP) is 6.37. The maximum absolute atomic E-state index is 13.0. The quantitative estimate of drug-likeness (QED) is 0.511. The third kappa shape index (κ3) is 5.02. The van der Waals surface area contributed by atoms with Gasteiger partial charge in [0.1, 0.15) is 0 Å². The Balaban J connectivity index is 1.53. The minimum atomic E-state index is -4.41. The molecule has 1 heterocycles. The summed E-state index contributed by atoms with van der Waals surface area (Å²) >= 11 is 1.25. The molecule has 8 heteroatoms. The van der Waals surface area contributed by atoms with Gasteiger partial charge in [-0.1, -0.05) is 50.6 Å². The van der Waals surface area contributed by atoms with E-state index in [0.29, 0.717) is 33.6 Å². The number of halogens is 3. The van der Waals surface area contributed by atoms with Gasteiger partial charge in [-0.25, -0.2) is 0 Å². The molecular weight excluding hydrogens is 461 g/mol. The molecule has 0 saturated heterocycles. The summed E-state index contributed by atoms with van der Waals surface area (Å²) in [5.74, 6) is 0.556. The minimum absolute atomic E-state index is 0.138. The van der Waals surface area contributed by atoms with Crippen LogP contribution in [0.4, 0.5) is 18.9 Å². The second-order valence-electron chi connectivity index (χ2n) is 9.12. The lowest BCUT2D eigenvalue weighted by atomic mass is 9.78. The molecule has 1 aliphatic carbocycles. The van der Waals surface area contributed by atoms with E-state index in [-0.39, 0.29) is 17.9 Å². The molecule has 1 N–H and O–H groups in total. The first-order valence-electron chi connectivity index (χ1n) is 11.3. The van der Waals surface area contributed by atoms with Crippen molar-refractivity contribution in [3.05, 3.63) is 64.1 Å². The molecule has 0 unspecified atom stereocenters. The monoisotopic (exact) mass is 488 g/mol. The van der Waals surface area contributed by atoms with Crippen molar-refractivity contribution in [3.8, 4) is 0 Å². The van der Waals surface area contributed by atoms with Crippen molar-refractivity contribution in [2.24, 2.45) is 11.8 Å². The summed E-state index contributed by atoms with van der Waals surface area (Å²) in [6.07, 6.45) is 0.423. The zero-order valence-corrected chi connectivity index (χ0v) is 20.1. The zero-order chi connectivity index (χ0) is 24.6. The summed E-state index contributed by atoms with van der Waals surface area (Å²) in [4.78, 5) is 28.6. The normalized spacial score (nSPS) is 24.2. The van der Waals surface area contributed by atoms with Crippen LogP contribution in [0.1, 0.15) is 54.6 Å². The summed E-state index contributed by atoms with van der Waals surface area (Å²) in [6, 6.07) is 10.1. The third-order valence-corrected chi connectivity index (χ3v) is 7.95. The number of hydrogen-bond donors (Lipinski definition) is 1. The lowest BCUT2D eigenvalue weighted by Crippen LogP contribution is -2.43. The number of amides is 2. The topological polar surface area (TPSA) is 49.4 Å². The van der Waals surface area contributed by atoms with Crippen LogP contribution < -0.4 is 10.2 Å². The maximum Gasteiger partial charge on any atom is 0.416 e. The lowest BCUT2D eigenvalue weighted by Gasteiger charge is -2.34. The molecule has 0 spiro atoms. The number of nitrogens with one attached hydrogen (secondary N) is 1. The molecule has 34 heavy (non-hydrogen) atoms. The van der Waals surface area contributed by atoms with E-state index >= 15 is 0 Å². The summed E-state index contributed by atoms with van der Waals surface area (Å²) in [7, 11) is 1.63. The summed E-state index contributed by atoms with van der Waals surface area (Å²) in [5, 5.41) is 3.16. The number of carbonyl (C=O) groups is 2. The number of thioether (sulfide) groups is 1. The average molecular weight is 489 g/mol. The van der Waals surface area contributed by atoms with Gasteiger partial charge in [0.05, 0.1) is 16.2 Å². The molecule has 0 radical (unpaired) electrons. The van der Waals surface area contributed by atoms with Crippen LogP contribution in [0.15, 0.2) is 52.3 Å². The Morgan fingerprint density at radius 3 is 2.50 bits per heavy atom. The molecular formula is C26H27F3N2O2S. The van der Waals surface area contributed by atoms with E-state index in [1.165, 1.54) is 35.2 Å². The lowest BCUT2D eigenvalue weighted by molar-refractivity contribution is -0.137. The first-order chi connectivity index (χ1) is 16.0. The molecule has 2 aromatic rings. The molecule has 2 amide bonds. The number of alkyl halides is 3. The third-order valence-electron chi connectivity index (χ3n) is 6.88. The summed E-state index contributed by atoms with van der Waals surface area (Å²) in [5.41, 5.74) is 0.909. The van der Waals surface area contributed by atoms with Crippen molar-refractivity contribution in [3.63, 3.8) is 0 Å². The number of rotatable bonds is 3. The number of benzene rings is 2. The van der Waals surface area contributed by atoms with E-state index in [1.807, 2.05) is 6.07 Å². The largest absolute Gasteiger partial charge is 0.416 e.